The van der Waals surface area contributed by atoms with E-state index in [0.717, 1.165) is 24.9 Å². The van der Waals surface area contributed by atoms with Crippen molar-refractivity contribution in [2.24, 2.45) is 0 Å². The van der Waals surface area contributed by atoms with Gasteiger partial charge in [-0.2, -0.15) is 0 Å². The van der Waals surface area contributed by atoms with Gasteiger partial charge in [0, 0.05) is 31.1 Å². The van der Waals surface area contributed by atoms with Gasteiger partial charge in [-0.25, -0.2) is 18.4 Å². The van der Waals surface area contributed by atoms with Crippen LogP contribution in [0.2, 0.25) is 0 Å². The van der Waals surface area contributed by atoms with Crippen LogP contribution in [0.1, 0.15) is 48.2 Å². The molecule has 0 spiro atoms. The van der Waals surface area contributed by atoms with Gasteiger partial charge >= 0.3 is 0 Å². The average molecular weight is 403 g/mol. The molecule has 1 heterocycles. The van der Waals surface area contributed by atoms with Crippen molar-refractivity contribution < 1.29 is 13.2 Å². The molecule has 1 aromatic heterocycles. The second kappa shape index (κ2) is 8.26. The Bertz CT molecular complexity index is 969. The number of nitrogens with one attached hydrogen (secondary N) is 1. The first-order valence-corrected chi connectivity index (χ1v) is 11.3. The minimum absolute atomic E-state index is 0.224. The maximum atomic E-state index is 12.7. The molecule has 28 heavy (non-hydrogen) atoms. The number of nitrogens with zero attached hydrogens (tertiary/aromatic N) is 3. The summed E-state index contributed by atoms with van der Waals surface area (Å²) in [6.45, 7) is 1.76. The van der Waals surface area contributed by atoms with Gasteiger partial charge in [0.15, 0.2) is 9.84 Å². The fraction of sp³-hybridized carbons (Fsp3) is 0.450. The van der Waals surface area contributed by atoms with Gasteiger partial charge in [0.25, 0.3) is 5.91 Å². The van der Waals surface area contributed by atoms with E-state index < -0.39 is 9.84 Å². The Morgan fingerprint density at radius 2 is 1.86 bits per heavy atom. The highest BCUT2D eigenvalue weighted by molar-refractivity contribution is 7.90. The number of hydrogen-bond acceptors (Lipinski definition) is 6. The molecular formula is C20H26N4O3S. The Morgan fingerprint density at radius 1 is 1.14 bits per heavy atom. The van der Waals surface area contributed by atoms with Crippen LogP contribution in [0.25, 0.3) is 0 Å². The summed E-state index contributed by atoms with van der Waals surface area (Å²) in [5.41, 5.74) is 1.50. The number of hydrogen-bond donors (Lipinski definition) is 1. The summed E-state index contributed by atoms with van der Waals surface area (Å²) in [7, 11) is -1.28. The van der Waals surface area contributed by atoms with Gasteiger partial charge in [0.1, 0.15) is 17.8 Å². The Labute approximate surface area is 166 Å². The zero-order valence-corrected chi connectivity index (χ0v) is 17.3. The van der Waals surface area contributed by atoms with Crippen LogP contribution in [0.15, 0.2) is 35.5 Å². The largest absolute Gasteiger partial charge is 0.357 e. The van der Waals surface area contributed by atoms with Crippen molar-refractivity contribution in [2.75, 3.05) is 23.5 Å². The molecular weight excluding hydrogens is 376 g/mol. The van der Waals surface area contributed by atoms with Crippen LogP contribution in [0, 0.1) is 6.92 Å². The third kappa shape index (κ3) is 4.67. The number of rotatable bonds is 5. The zero-order valence-electron chi connectivity index (χ0n) is 16.5. The number of carbonyl (C=O) groups excluding carboxylic acids is 1. The van der Waals surface area contributed by atoms with Gasteiger partial charge in [-0.15, -0.1) is 0 Å². The second-order valence-electron chi connectivity index (χ2n) is 7.37. The molecule has 0 aliphatic heterocycles. The molecule has 8 heteroatoms. The molecule has 1 amide bonds. The lowest BCUT2D eigenvalue weighted by molar-refractivity contribution is 0.102. The van der Waals surface area contributed by atoms with Crippen molar-refractivity contribution in [3.63, 3.8) is 0 Å². The van der Waals surface area contributed by atoms with Crippen molar-refractivity contribution in [2.45, 2.75) is 50.0 Å². The van der Waals surface area contributed by atoms with E-state index in [2.05, 4.69) is 20.2 Å². The fourth-order valence-electron chi connectivity index (χ4n) is 3.51. The van der Waals surface area contributed by atoms with E-state index in [1.165, 1.54) is 31.7 Å². The smallest absolute Gasteiger partial charge is 0.274 e. The Hall–Kier alpha value is -2.48. The van der Waals surface area contributed by atoms with Crippen LogP contribution in [0.5, 0.6) is 0 Å². The van der Waals surface area contributed by atoms with E-state index in [4.69, 9.17) is 0 Å². The molecule has 1 saturated carbocycles. The summed E-state index contributed by atoms with van der Waals surface area (Å²) >= 11 is 0. The molecule has 1 aliphatic rings. The monoisotopic (exact) mass is 402 g/mol. The summed E-state index contributed by atoms with van der Waals surface area (Å²) in [5.74, 6) is 0.382. The van der Waals surface area contributed by atoms with E-state index in [1.807, 2.05) is 7.05 Å². The van der Waals surface area contributed by atoms with Crippen LogP contribution in [0.4, 0.5) is 11.5 Å². The van der Waals surface area contributed by atoms with Gasteiger partial charge in [-0.05, 0) is 43.5 Å². The van der Waals surface area contributed by atoms with Crippen molar-refractivity contribution in [1.29, 1.82) is 0 Å². The van der Waals surface area contributed by atoms with Crippen molar-refractivity contribution in [1.82, 2.24) is 9.97 Å². The van der Waals surface area contributed by atoms with E-state index in [1.54, 1.807) is 25.1 Å². The number of sulfone groups is 1. The summed E-state index contributed by atoms with van der Waals surface area (Å²) in [4.78, 5) is 23.4. The Kier molecular flexibility index (Phi) is 5.98. The molecule has 0 bridgehead atoms. The molecule has 0 atom stereocenters. The predicted octanol–water partition coefficient (Wildman–Crippen LogP) is 3.21. The first kappa shape index (κ1) is 20.3. The first-order valence-electron chi connectivity index (χ1n) is 9.42. The molecule has 1 aliphatic carbocycles. The summed E-state index contributed by atoms with van der Waals surface area (Å²) in [6.07, 6.45) is 8.54. The fourth-order valence-corrected chi connectivity index (χ4v) is 4.22. The quantitative estimate of drug-likeness (QED) is 0.826. The zero-order chi connectivity index (χ0) is 20.3. The predicted molar refractivity (Wildman–Crippen MR) is 110 cm³/mol. The number of anilines is 2. The van der Waals surface area contributed by atoms with Gasteiger partial charge in [0.05, 0.1) is 4.90 Å². The maximum absolute atomic E-state index is 12.7. The third-order valence-electron chi connectivity index (χ3n) is 5.24. The van der Waals surface area contributed by atoms with E-state index in [-0.39, 0.29) is 16.5 Å². The Morgan fingerprint density at radius 3 is 2.50 bits per heavy atom. The van der Waals surface area contributed by atoms with Crippen LogP contribution in [-0.4, -0.2) is 43.6 Å². The summed E-state index contributed by atoms with van der Waals surface area (Å²) in [5, 5.41) is 2.81. The van der Waals surface area contributed by atoms with Gasteiger partial charge in [-0.1, -0.05) is 19.3 Å². The standard InChI is InChI=1S/C20H26N4O3S/c1-14-11-16(28(3,26)27)9-10-17(14)23-20(25)18-12-19(22-13-21-18)24(2)15-7-5-4-6-8-15/h9-13,15H,4-8H2,1-3H3,(H,23,25). The van der Waals surface area contributed by atoms with Gasteiger partial charge in [-0.3, -0.25) is 4.79 Å². The molecule has 3 rings (SSSR count). The van der Waals surface area contributed by atoms with E-state index in [9.17, 15) is 13.2 Å². The molecule has 150 valence electrons. The third-order valence-corrected chi connectivity index (χ3v) is 6.35. The van der Waals surface area contributed by atoms with Crippen molar-refractivity contribution in [3.05, 3.63) is 41.9 Å². The number of aryl methyl sites for hydroxylation is 1. The van der Waals surface area contributed by atoms with Crippen LogP contribution in [0.3, 0.4) is 0 Å². The van der Waals surface area contributed by atoms with Gasteiger partial charge in [0.2, 0.25) is 0 Å². The molecule has 1 fully saturated rings. The van der Waals surface area contributed by atoms with Crippen molar-refractivity contribution in [3.8, 4) is 0 Å². The lowest BCUT2D eigenvalue weighted by Gasteiger charge is -2.32. The molecule has 0 radical (unpaired) electrons. The maximum Gasteiger partial charge on any atom is 0.274 e. The van der Waals surface area contributed by atoms with E-state index >= 15 is 0 Å². The van der Waals surface area contributed by atoms with Crippen LogP contribution in [-0.2, 0) is 9.84 Å². The summed E-state index contributed by atoms with van der Waals surface area (Å²) in [6, 6.07) is 6.77. The SMILES string of the molecule is Cc1cc(S(C)(=O)=O)ccc1NC(=O)c1cc(N(C)C2CCCCC2)ncn1. The van der Waals surface area contributed by atoms with Gasteiger partial charge < -0.3 is 10.2 Å². The Balaban J connectivity index is 1.76. The van der Waals surface area contributed by atoms with Crippen LogP contribution < -0.4 is 10.2 Å². The number of carbonyl (C=O) groups is 1. The number of aromatic nitrogens is 2. The molecule has 0 unspecified atom stereocenters. The molecule has 0 saturated heterocycles. The molecule has 7 nitrogen and oxygen atoms in total. The number of benzene rings is 1. The van der Waals surface area contributed by atoms with E-state index in [0.29, 0.717) is 17.3 Å². The topological polar surface area (TPSA) is 92.3 Å². The highest BCUT2D eigenvalue weighted by Gasteiger charge is 2.20. The van der Waals surface area contributed by atoms with Crippen molar-refractivity contribution >= 4 is 27.2 Å². The lowest BCUT2D eigenvalue weighted by atomic mass is 9.94. The normalized spacial score (nSPS) is 15.2. The highest BCUT2D eigenvalue weighted by Crippen LogP contribution is 2.25. The second-order valence-corrected chi connectivity index (χ2v) is 9.38. The highest BCUT2D eigenvalue weighted by atomic mass is 32.2. The first-order chi connectivity index (χ1) is 13.3. The molecule has 1 aromatic carbocycles. The summed E-state index contributed by atoms with van der Waals surface area (Å²) < 4.78 is 23.3. The average Bonchev–Trinajstić information content (AvgIpc) is 2.69. The molecule has 1 N–H and O–H groups in total. The minimum atomic E-state index is -3.29. The lowest BCUT2D eigenvalue weighted by Crippen LogP contribution is -2.34. The number of amides is 1. The minimum Gasteiger partial charge on any atom is -0.357 e. The van der Waals surface area contributed by atoms with Crippen LogP contribution >= 0.6 is 0 Å². The molecule has 2 aromatic rings.